The Morgan fingerprint density at radius 1 is 1.41 bits per heavy atom. The molecule has 7 nitrogen and oxygen atoms in total. The molecule has 2 aromatic heterocycles. The molecule has 0 radical (unpaired) electrons. The van der Waals surface area contributed by atoms with Crippen molar-refractivity contribution in [2.24, 2.45) is 0 Å². The van der Waals surface area contributed by atoms with Crippen LogP contribution in [0.25, 0.3) is 0 Å². The first-order valence-corrected chi connectivity index (χ1v) is 9.57. The molecule has 0 bridgehead atoms. The minimum Gasteiger partial charge on any atom is -0.481 e. The van der Waals surface area contributed by atoms with Crippen LogP contribution in [0.3, 0.4) is 0 Å². The van der Waals surface area contributed by atoms with Gasteiger partial charge in [-0.05, 0) is 42.6 Å². The number of nitrogens with zero attached hydrogens (tertiary/aromatic N) is 3. The van der Waals surface area contributed by atoms with Crippen LogP contribution in [0.5, 0.6) is 5.75 Å². The van der Waals surface area contributed by atoms with Crippen LogP contribution in [0.15, 0.2) is 45.4 Å². The lowest BCUT2D eigenvalue weighted by Crippen LogP contribution is -2.13. The summed E-state index contributed by atoms with van der Waals surface area (Å²) in [7, 11) is 0. The van der Waals surface area contributed by atoms with E-state index in [1.165, 1.54) is 35.6 Å². The summed E-state index contributed by atoms with van der Waals surface area (Å²) < 4.78 is 24.0. The van der Waals surface area contributed by atoms with Crippen LogP contribution in [0.1, 0.15) is 24.5 Å². The summed E-state index contributed by atoms with van der Waals surface area (Å²) in [5, 5.41) is 21.8. The Kier molecular flexibility index (Phi) is 6.05. The van der Waals surface area contributed by atoms with Crippen molar-refractivity contribution in [2.75, 3.05) is 11.1 Å². The van der Waals surface area contributed by atoms with Gasteiger partial charge in [-0.1, -0.05) is 11.8 Å². The zero-order valence-corrected chi connectivity index (χ0v) is 15.6. The van der Waals surface area contributed by atoms with Crippen LogP contribution >= 0.6 is 23.1 Å². The van der Waals surface area contributed by atoms with Gasteiger partial charge >= 0.3 is 0 Å². The molecule has 1 amide bonds. The molecule has 2 heterocycles. The number of thiophene rings is 1. The molecular weight excluding hydrogens is 391 g/mol. The maximum atomic E-state index is 12.9. The number of anilines is 1. The predicted octanol–water partition coefficient (Wildman–Crippen LogP) is 4.01. The predicted molar refractivity (Wildman–Crippen MR) is 98.1 cm³/mol. The Balaban J connectivity index is 1.52. The SMILES string of the molecule is C[C@@H](Oc1ccc(F)cc1)c1nnc(SCC(=O)Nc2sccc2C#N)o1. The van der Waals surface area contributed by atoms with E-state index in [9.17, 15) is 9.18 Å². The Labute approximate surface area is 162 Å². The third kappa shape index (κ3) is 5.06. The average molecular weight is 404 g/mol. The van der Waals surface area contributed by atoms with E-state index < -0.39 is 6.10 Å². The molecule has 138 valence electrons. The molecular formula is C17H13FN4O3S2. The van der Waals surface area contributed by atoms with Gasteiger partial charge in [0.05, 0.1) is 11.3 Å². The number of halogens is 1. The number of rotatable bonds is 7. The standard InChI is InChI=1S/C17H13FN4O3S2/c1-10(24-13-4-2-12(18)3-5-13)15-21-22-17(25-15)27-9-14(23)20-16-11(8-19)6-7-26-16/h2-7,10H,9H2,1H3,(H,20,23)/t10-/m1/s1. The zero-order chi connectivity index (χ0) is 19.2. The number of aromatic nitrogens is 2. The van der Waals surface area contributed by atoms with E-state index in [0.29, 0.717) is 16.3 Å². The molecule has 0 unspecified atom stereocenters. The normalized spacial score (nSPS) is 11.6. The zero-order valence-electron chi connectivity index (χ0n) is 14.0. The number of nitrogens with one attached hydrogen (secondary N) is 1. The fraction of sp³-hybridized carbons (Fsp3) is 0.176. The molecule has 1 N–H and O–H groups in total. The van der Waals surface area contributed by atoms with Gasteiger partial charge in [0.25, 0.3) is 11.1 Å². The second kappa shape index (κ2) is 8.66. The van der Waals surface area contributed by atoms with Crippen molar-refractivity contribution in [3.63, 3.8) is 0 Å². The Morgan fingerprint density at radius 2 is 2.19 bits per heavy atom. The second-order valence-corrected chi connectivity index (χ2v) is 7.07. The number of ether oxygens (including phenoxy) is 1. The first-order valence-electron chi connectivity index (χ1n) is 7.71. The van der Waals surface area contributed by atoms with Crippen LogP contribution in [0.4, 0.5) is 9.39 Å². The number of amides is 1. The lowest BCUT2D eigenvalue weighted by molar-refractivity contribution is -0.113. The molecule has 0 spiro atoms. The van der Waals surface area contributed by atoms with Crippen molar-refractivity contribution in [1.82, 2.24) is 10.2 Å². The Morgan fingerprint density at radius 3 is 2.93 bits per heavy atom. The molecule has 10 heteroatoms. The maximum Gasteiger partial charge on any atom is 0.277 e. The van der Waals surface area contributed by atoms with Gasteiger partial charge in [-0.25, -0.2) is 4.39 Å². The number of carbonyl (C=O) groups excluding carboxylic acids is 1. The van der Waals surface area contributed by atoms with E-state index in [1.54, 1.807) is 18.4 Å². The highest BCUT2D eigenvalue weighted by atomic mass is 32.2. The largest absolute Gasteiger partial charge is 0.481 e. The van der Waals surface area contributed by atoms with Crippen LogP contribution in [-0.4, -0.2) is 21.9 Å². The molecule has 3 rings (SSSR count). The molecule has 0 saturated heterocycles. The summed E-state index contributed by atoms with van der Waals surface area (Å²) in [5.41, 5.74) is 0.421. The van der Waals surface area contributed by atoms with E-state index in [2.05, 4.69) is 15.5 Å². The highest BCUT2D eigenvalue weighted by molar-refractivity contribution is 7.99. The van der Waals surface area contributed by atoms with Crippen molar-refractivity contribution >= 4 is 34.0 Å². The minimum atomic E-state index is -0.532. The van der Waals surface area contributed by atoms with Crippen molar-refractivity contribution in [3.8, 4) is 11.8 Å². The summed E-state index contributed by atoms with van der Waals surface area (Å²) in [5.74, 6) is 0.133. The van der Waals surface area contributed by atoms with E-state index in [-0.39, 0.29) is 28.6 Å². The van der Waals surface area contributed by atoms with Crippen molar-refractivity contribution < 1.29 is 18.3 Å². The van der Waals surface area contributed by atoms with Gasteiger partial charge in [-0.3, -0.25) is 4.79 Å². The fourth-order valence-electron chi connectivity index (χ4n) is 1.99. The monoisotopic (exact) mass is 404 g/mol. The van der Waals surface area contributed by atoms with Gasteiger partial charge in [0.15, 0.2) is 6.10 Å². The van der Waals surface area contributed by atoms with Crippen molar-refractivity contribution in [1.29, 1.82) is 5.26 Å². The maximum absolute atomic E-state index is 12.9. The minimum absolute atomic E-state index is 0.0532. The van der Waals surface area contributed by atoms with E-state index in [0.717, 1.165) is 11.8 Å². The quantitative estimate of drug-likeness (QED) is 0.594. The van der Waals surface area contributed by atoms with E-state index in [1.807, 2.05) is 6.07 Å². The number of hydrogen-bond acceptors (Lipinski definition) is 8. The molecule has 0 saturated carbocycles. The average Bonchev–Trinajstić information content (AvgIpc) is 3.31. The first kappa shape index (κ1) is 18.9. The molecule has 27 heavy (non-hydrogen) atoms. The lowest BCUT2D eigenvalue weighted by Gasteiger charge is -2.10. The summed E-state index contributed by atoms with van der Waals surface area (Å²) in [4.78, 5) is 12.0. The third-order valence-electron chi connectivity index (χ3n) is 3.26. The van der Waals surface area contributed by atoms with Crippen LogP contribution in [0, 0.1) is 17.1 Å². The summed E-state index contributed by atoms with van der Waals surface area (Å²) >= 11 is 2.35. The molecule has 3 aromatic rings. The Bertz CT molecular complexity index is 965. The van der Waals surface area contributed by atoms with Crippen molar-refractivity contribution in [3.05, 3.63) is 53.0 Å². The summed E-state index contributed by atoms with van der Waals surface area (Å²) in [6.07, 6.45) is -0.532. The first-order chi connectivity index (χ1) is 13.0. The van der Waals surface area contributed by atoms with Gasteiger partial charge in [0.2, 0.25) is 5.91 Å². The van der Waals surface area contributed by atoms with Crippen LogP contribution < -0.4 is 10.1 Å². The molecule has 0 aliphatic carbocycles. The molecule has 0 aliphatic rings. The van der Waals surface area contributed by atoms with Gasteiger partial charge in [0, 0.05) is 0 Å². The van der Waals surface area contributed by atoms with Crippen LogP contribution in [0.2, 0.25) is 0 Å². The fourth-order valence-corrected chi connectivity index (χ4v) is 3.32. The summed E-state index contributed by atoms with van der Waals surface area (Å²) in [6.45, 7) is 1.72. The second-order valence-electron chi connectivity index (χ2n) is 5.23. The number of benzene rings is 1. The summed E-state index contributed by atoms with van der Waals surface area (Å²) in [6, 6.07) is 9.24. The molecule has 1 aromatic carbocycles. The van der Waals surface area contributed by atoms with E-state index >= 15 is 0 Å². The molecule has 1 atom stereocenters. The van der Waals surface area contributed by atoms with Crippen molar-refractivity contribution in [2.45, 2.75) is 18.3 Å². The van der Waals surface area contributed by atoms with Gasteiger partial charge < -0.3 is 14.5 Å². The van der Waals surface area contributed by atoms with Crippen LogP contribution in [-0.2, 0) is 4.79 Å². The smallest absolute Gasteiger partial charge is 0.277 e. The molecule has 0 fully saturated rings. The topological polar surface area (TPSA) is 101 Å². The third-order valence-corrected chi connectivity index (χ3v) is 4.91. The number of thioether (sulfide) groups is 1. The number of hydrogen-bond donors (Lipinski definition) is 1. The van der Waals surface area contributed by atoms with Gasteiger partial charge in [0.1, 0.15) is 22.6 Å². The van der Waals surface area contributed by atoms with E-state index in [4.69, 9.17) is 14.4 Å². The number of nitriles is 1. The Hall–Kier alpha value is -2.90. The molecule has 0 aliphatic heterocycles. The van der Waals surface area contributed by atoms with Gasteiger partial charge in [-0.2, -0.15) is 5.26 Å². The lowest BCUT2D eigenvalue weighted by atomic mass is 10.3. The van der Waals surface area contributed by atoms with Gasteiger partial charge in [-0.15, -0.1) is 21.5 Å². The highest BCUT2D eigenvalue weighted by Gasteiger charge is 2.17. The number of carbonyl (C=O) groups is 1. The highest BCUT2D eigenvalue weighted by Crippen LogP contribution is 2.25.